The number of nitrogens with one attached hydrogen (secondary N) is 1. The number of benzene rings is 2. The van der Waals surface area contributed by atoms with E-state index in [0.717, 1.165) is 5.56 Å². The first-order valence-corrected chi connectivity index (χ1v) is 6.65. The maximum Gasteiger partial charge on any atom is 0.243 e. The van der Waals surface area contributed by atoms with Crippen molar-refractivity contribution in [1.29, 1.82) is 5.26 Å². The summed E-state index contributed by atoms with van der Waals surface area (Å²) in [7, 11) is 0. The van der Waals surface area contributed by atoms with Crippen LogP contribution in [0.2, 0.25) is 0 Å². The summed E-state index contributed by atoms with van der Waals surface area (Å²) in [4.78, 5) is 25.3. The molecule has 2 aromatic rings. The molecule has 1 N–H and O–H groups in total. The number of nitriles is 1. The first-order chi connectivity index (χ1) is 10.2. The summed E-state index contributed by atoms with van der Waals surface area (Å²) in [5.41, 5.74) is 2.06. The molecule has 1 aliphatic heterocycles. The molecule has 0 fully saturated rings. The number of Topliss-reactive ketones (excluding diaryl/α,β-unsaturated/α-hetero) is 1. The summed E-state index contributed by atoms with van der Waals surface area (Å²) in [5.74, 6) is -0.451. The monoisotopic (exact) mass is 274 g/mol. The smallest absolute Gasteiger partial charge is 0.243 e. The van der Waals surface area contributed by atoms with Gasteiger partial charge in [-0.05, 0) is 29.7 Å². The molecule has 4 rings (SSSR count). The largest absolute Gasteiger partial charge is 0.325 e. The average molecular weight is 274 g/mol. The fraction of sp³-hybridized carbons (Fsp3) is 0.118. The van der Waals surface area contributed by atoms with E-state index in [2.05, 4.69) is 5.32 Å². The van der Waals surface area contributed by atoms with E-state index in [0.29, 0.717) is 28.8 Å². The number of fused-ring (bicyclic) bond motifs is 3. The minimum absolute atomic E-state index is 0.154. The number of hydrogen-bond acceptors (Lipinski definition) is 3. The zero-order valence-corrected chi connectivity index (χ0v) is 11.0. The zero-order valence-electron chi connectivity index (χ0n) is 11.0. The van der Waals surface area contributed by atoms with Gasteiger partial charge < -0.3 is 5.32 Å². The number of carbonyl (C=O) groups is 2. The van der Waals surface area contributed by atoms with Crippen molar-refractivity contribution in [2.75, 3.05) is 5.32 Å². The normalized spacial score (nSPS) is 21.9. The zero-order chi connectivity index (χ0) is 14.6. The van der Waals surface area contributed by atoms with Crippen molar-refractivity contribution in [3.63, 3.8) is 0 Å². The molecule has 0 aromatic heterocycles. The third-order valence-corrected chi connectivity index (χ3v) is 4.35. The Morgan fingerprint density at radius 2 is 1.95 bits per heavy atom. The van der Waals surface area contributed by atoms with Gasteiger partial charge in [0.05, 0.1) is 11.6 Å². The maximum atomic E-state index is 12.8. The van der Waals surface area contributed by atoms with Crippen LogP contribution >= 0.6 is 0 Å². The third-order valence-electron chi connectivity index (χ3n) is 4.35. The molecule has 4 nitrogen and oxygen atoms in total. The van der Waals surface area contributed by atoms with Crippen LogP contribution in [-0.4, -0.2) is 11.7 Å². The topological polar surface area (TPSA) is 70.0 Å². The molecule has 4 heteroatoms. The van der Waals surface area contributed by atoms with Crippen molar-refractivity contribution in [2.24, 2.45) is 0 Å². The van der Waals surface area contributed by atoms with Crippen LogP contribution in [0, 0.1) is 11.3 Å². The predicted octanol–water partition coefficient (Wildman–Crippen LogP) is 2.19. The van der Waals surface area contributed by atoms with Crippen molar-refractivity contribution >= 4 is 17.4 Å². The van der Waals surface area contributed by atoms with Gasteiger partial charge in [-0.15, -0.1) is 0 Å². The van der Waals surface area contributed by atoms with Crippen LogP contribution < -0.4 is 5.32 Å². The standard InChI is InChI=1S/C17H10N2O2/c18-9-10-5-6-13-14(7-10)19-16(21)17(13)8-11-3-1-2-4-12(11)15(17)20/h1-7H,8H2,(H,19,21)/t17-/m1/s1. The summed E-state index contributed by atoms with van der Waals surface area (Å²) in [6, 6.07) is 14.4. The predicted molar refractivity (Wildman–Crippen MR) is 75.9 cm³/mol. The fourth-order valence-corrected chi connectivity index (χ4v) is 3.33. The molecule has 1 amide bonds. The Morgan fingerprint density at radius 1 is 1.14 bits per heavy atom. The summed E-state index contributed by atoms with van der Waals surface area (Å²) in [5, 5.41) is 11.7. The van der Waals surface area contributed by atoms with Gasteiger partial charge >= 0.3 is 0 Å². The molecule has 0 saturated heterocycles. The molecule has 0 saturated carbocycles. The van der Waals surface area contributed by atoms with Crippen molar-refractivity contribution in [3.8, 4) is 6.07 Å². The Balaban J connectivity index is 1.95. The molecule has 0 bridgehead atoms. The van der Waals surface area contributed by atoms with Crippen LogP contribution in [0.15, 0.2) is 42.5 Å². The van der Waals surface area contributed by atoms with Gasteiger partial charge in [-0.3, -0.25) is 9.59 Å². The molecule has 0 unspecified atom stereocenters. The number of carbonyl (C=O) groups excluding carboxylic acids is 2. The van der Waals surface area contributed by atoms with Gasteiger partial charge in [0.25, 0.3) is 0 Å². The Hall–Kier alpha value is -2.93. The fourth-order valence-electron chi connectivity index (χ4n) is 3.33. The molecular weight excluding hydrogens is 264 g/mol. The molecule has 1 atom stereocenters. The van der Waals surface area contributed by atoms with Crippen molar-refractivity contribution in [3.05, 3.63) is 64.7 Å². The van der Waals surface area contributed by atoms with Gasteiger partial charge in [0, 0.05) is 11.3 Å². The Kier molecular flexibility index (Phi) is 2.14. The molecule has 2 aromatic carbocycles. The first-order valence-electron chi connectivity index (χ1n) is 6.65. The van der Waals surface area contributed by atoms with Gasteiger partial charge in [0.1, 0.15) is 5.41 Å². The summed E-state index contributed by atoms with van der Waals surface area (Å²) >= 11 is 0. The number of hydrogen-bond donors (Lipinski definition) is 1. The third kappa shape index (κ3) is 1.33. The first kappa shape index (κ1) is 11.9. The SMILES string of the molecule is N#Cc1ccc2c(c1)NC(=O)[C@]21Cc2ccccc2C1=O. The highest BCUT2D eigenvalue weighted by Gasteiger charge is 2.56. The lowest BCUT2D eigenvalue weighted by Crippen LogP contribution is -2.40. The molecule has 21 heavy (non-hydrogen) atoms. The molecule has 1 spiro atoms. The van der Waals surface area contributed by atoms with E-state index in [1.165, 1.54) is 0 Å². The minimum Gasteiger partial charge on any atom is -0.325 e. The molecule has 1 aliphatic carbocycles. The second kappa shape index (κ2) is 3.80. The van der Waals surface area contributed by atoms with Crippen LogP contribution in [0.25, 0.3) is 0 Å². The molecule has 100 valence electrons. The lowest BCUT2D eigenvalue weighted by Gasteiger charge is -2.19. The lowest BCUT2D eigenvalue weighted by atomic mass is 9.78. The Bertz CT molecular complexity index is 863. The van der Waals surface area contributed by atoms with Crippen LogP contribution in [0.4, 0.5) is 5.69 Å². The van der Waals surface area contributed by atoms with E-state index in [-0.39, 0.29) is 11.7 Å². The van der Waals surface area contributed by atoms with E-state index in [1.54, 1.807) is 24.3 Å². The van der Waals surface area contributed by atoms with Crippen LogP contribution in [0.1, 0.15) is 27.0 Å². The van der Waals surface area contributed by atoms with Gasteiger partial charge in [-0.25, -0.2) is 0 Å². The number of anilines is 1. The van der Waals surface area contributed by atoms with Gasteiger partial charge in [0.15, 0.2) is 5.78 Å². The van der Waals surface area contributed by atoms with Crippen LogP contribution in [-0.2, 0) is 16.6 Å². The van der Waals surface area contributed by atoms with Gasteiger partial charge in [0.2, 0.25) is 5.91 Å². The number of amides is 1. The number of ketones is 1. The van der Waals surface area contributed by atoms with E-state index in [4.69, 9.17) is 5.26 Å². The quantitative estimate of drug-likeness (QED) is 0.748. The highest BCUT2D eigenvalue weighted by Crippen LogP contribution is 2.47. The molecule has 2 aliphatic rings. The Labute approximate surface area is 121 Å². The van der Waals surface area contributed by atoms with Crippen LogP contribution in [0.5, 0.6) is 0 Å². The summed E-state index contributed by atoms with van der Waals surface area (Å²) < 4.78 is 0. The van der Waals surface area contributed by atoms with Gasteiger partial charge in [-0.2, -0.15) is 5.26 Å². The van der Waals surface area contributed by atoms with E-state index >= 15 is 0 Å². The highest BCUT2D eigenvalue weighted by atomic mass is 16.2. The molecular formula is C17H10N2O2. The van der Waals surface area contributed by atoms with Crippen LogP contribution in [0.3, 0.4) is 0 Å². The second-order valence-corrected chi connectivity index (χ2v) is 5.39. The lowest BCUT2D eigenvalue weighted by molar-refractivity contribution is -0.119. The maximum absolute atomic E-state index is 12.8. The van der Waals surface area contributed by atoms with Crippen molar-refractivity contribution in [1.82, 2.24) is 0 Å². The molecule has 0 radical (unpaired) electrons. The summed E-state index contributed by atoms with van der Waals surface area (Å²) in [6.07, 6.45) is 0.382. The average Bonchev–Trinajstić information content (AvgIpc) is 2.96. The number of rotatable bonds is 0. The van der Waals surface area contributed by atoms with Crippen molar-refractivity contribution < 1.29 is 9.59 Å². The summed E-state index contributed by atoms with van der Waals surface area (Å²) in [6.45, 7) is 0. The second-order valence-electron chi connectivity index (χ2n) is 5.39. The minimum atomic E-state index is -1.16. The van der Waals surface area contributed by atoms with E-state index in [9.17, 15) is 9.59 Å². The highest BCUT2D eigenvalue weighted by molar-refractivity contribution is 6.28. The van der Waals surface area contributed by atoms with E-state index in [1.807, 2.05) is 24.3 Å². The van der Waals surface area contributed by atoms with E-state index < -0.39 is 5.41 Å². The van der Waals surface area contributed by atoms with Crippen molar-refractivity contribution in [2.45, 2.75) is 11.8 Å². The molecule has 1 heterocycles. The number of nitrogens with zero attached hydrogens (tertiary/aromatic N) is 1. The van der Waals surface area contributed by atoms with Gasteiger partial charge in [-0.1, -0.05) is 30.3 Å². The Morgan fingerprint density at radius 3 is 2.71 bits per heavy atom.